The molecule has 0 unspecified atom stereocenters. The van der Waals surface area contributed by atoms with Crippen molar-refractivity contribution >= 4 is 17.5 Å². The van der Waals surface area contributed by atoms with Crippen molar-refractivity contribution in [2.24, 2.45) is 0 Å². The molecule has 1 N–H and O–H groups in total. The van der Waals surface area contributed by atoms with Crippen LogP contribution in [0.5, 0.6) is 0 Å². The van der Waals surface area contributed by atoms with Crippen molar-refractivity contribution in [3.05, 3.63) is 29.8 Å². The minimum Gasteiger partial charge on any atom is -0.396 e. The highest BCUT2D eigenvalue weighted by molar-refractivity contribution is 6.02. The van der Waals surface area contributed by atoms with Gasteiger partial charge in [0.05, 0.1) is 13.1 Å². The number of anilines is 1. The molecule has 1 aromatic carbocycles. The number of piperazine rings is 1. The maximum atomic E-state index is 11.6. The van der Waals surface area contributed by atoms with Gasteiger partial charge in [0.2, 0.25) is 11.8 Å². The number of likely N-dealkylation sites (N-methyl/N-ethyl adjacent to an activating group) is 1. The number of amides is 2. The molecule has 1 saturated heterocycles. The van der Waals surface area contributed by atoms with Gasteiger partial charge in [0, 0.05) is 19.3 Å². The molecule has 96 valence electrons. The molecule has 1 heterocycles. The Hall–Kier alpha value is -1.88. The highest BCUT2D eigenvalue weighted by Crippen LogP contribution is 2.18. The van der Waals surface area contributed by atoms with Gasteiger partial charge in [-0.05, 0) is 24.1 Å². The lowest BCUT2D eigenvalue weighted by molar-refractivity contribution is -0.143. The predicted octanol–water partition coefficient (Wildman–Crippen LogP) is 0.0264. The Balaban J connectivity index is 2.19. The van der Waals surface area contributed by atoms with Crippen LogP contribution in [0.25, 0.3) is 0 Å². The summed E-state index contributed by atoms with van der Waals surface area (Å²) >= 11 is 0. The van der Waals surface area contributed by atoms with E-state index in [4.69, 9.17) is 5.11 Å². The highest BCUT2D eigenvalue weighted by Gasteiger charge is 2.28. The lowest BCUT2D eigenvalue weighted by atomic mass is 10.1. The van der Waals surface area contributed by atoms with E-state index in [0.717, 1.165) is 16.2 Å². The van der Waals surface area contributed by atoms with Crippen LogP contribution in [0.3, 0.4) is 0 Å². The summed E-state index contributed by atoms with van der Waals surface area (Å²) in [6, 6.07) is 7.56. The normalized spacial score (nSPS) is 16.3. The molecule has 18 heavy (non-hydrogen) atoms. The summed E-state index contributed by atoms with van der Waals surface area (Å²) in [6.45, 7) is 0.514. The fourth-order valence-corrected chi connectivity index (χ4v) is 1.95. The van der Waals surface area contributed by atoms with Crippen LogP contribution in [0.15, 0.2) is 24.3 Å². The summed E-state index contributed by atoms with van der Waals surface area (Å²) in [7, 11) is 1.50. The summed E-state index contributed by atoms with van der Waals surface area (Å²) in [6.07, 6.45) is 0.573. The van der Waals surface area contributed by atoms with Gasteiger partial charge in [-0.2, -0.15) is 0 Å². The van der Waals surface area contributed by atoms with Crippen LogP contribution in [-0.4, -0.2) is 48.6 Å². The lowest BCUT2D eigenvalue weighted by Gasteiger charge is -2.32. The van der Waals surface area contributed by atoms with Gasteiger partial charge in [-0.3, -0.25) is 14.5 Å². The Bertz CT molecular complexity index is 455. The standard InChI is InChI=1S/C13H16N2O3/c1-14-12(17)8-15(9-13(14)18)11-4-2-3-10(7-11)5-6-16/h2-4,7,16H,5-6,8-9H2,1H3. The number of nitrogens with zero attached hydrogens (tertiary/aromatic N) is 2. The Kier molecular flexibility index (Phi) is 3.62. The average molecular weight is 248 g/mol. The molecule has 2 rings (SSSR count). The minimum absolute atomic E-state index is 0.0874. The van der Waals surface area contributed by atoms with Gasteiger partial charge in [-0.25, -0.2) is 0 Å². The van der Waals surface area contributed by atoms with E-state index in [9.17, 15) is 9.59 Å². The molecule has 5 nitrogen and oxygen atoms in total. The lowest BCUT2D eigenvalue weighted by Crippen LogP contribution is -2.52. The molecule has 1 aromatic rings. The van der Waals surface area contributed by atoms with Crippen LogP contribution in [0.1, 0.15) is 5.56 Å². The van der Waals surface area contributed by atoms with Crippen LogP contribution >= 0.6 is 0 Å². The predicted molar refractivity (Wildman–Crippen MR) is 67.2 cm³/mol. The Morgan fingerprint density at radius 3 is 2.50 bits per heavy atom. The van der Waals surface area contributed by atoms with Gasteiger partial charge >= 0.3 is 0 Å². The second kappa shape index (κ2) is 5.18. The van der Waals surface area contributed by atoms with Crippen molar-refractivity contribution in [1.82, 2.24) is 4.90 Å². The van der Waals surface area contributed by atoms with Crippen LogP contribution in [-0.2, 0) is 16.0 Å². The maximum Gasteiger partial charge on any atom is 0.248 e. The quantitative estimate of drug-likeness (QED) is 0.766. The topological polar surface area (TPSA) is 60.9 Å². The van der Waals surface area contributed by atoms with E-state index >= 15 is 0 Å². The number of hydrogen-bond donors (Lipinski definition) is 1. The number of carbonyl (C=O) groups is 2. The first-order valence-electron chi connectivity index (χ1n) is 5.86. The Morgan fingerprint density at radius 2 is 1.89 bits per heavy atom. The molecule has 0 bridgehead atoms. The molecule has 0 saturated carbocycles. The number of aliphatic hydroxyl groups is 1. The number of imide groups is 1. The zero-order valence-corrected chi connectivity index (χ0v) is 10.3. The summed E-state index contributed by atoms with van der Waals surface area (Å²) in [4.78, 5) is 26.2. The molecule has 5 heteroatoms. The van der Waals surface area contributed by atoms with E-state index in [1.807, 2.05) is 24.3 Å². The third-order valence-corrected chi connectivity index (χ3v) is 3.08. The number of hydrogen-bond acceptors (Lipinski definition) is 4. The SMILES string of the molecule is CN1C(=O)CN(c2cccc(CCO)c2)CC1=O. The second-order valence-electron chi connectivity index (χ2n) is 4.35. The fraction of sp³-hybridized carbons (Fsp3) is 0.385. The number of aliphatic hydroxyl groups excluding tert-OH is 1. The minimum atomic E-state index is -0.196. The zero-order valence-electron chi connectivity index (χ0n) is 10.3. The van der Waals surface area contributed by atoms with E-state index in [-0.39, 0.29) is 31.5 Å². The van der Waals surface area contributed by atoms with Crippen LogP contribution in [0.2, 0.25) is 0 Å². The van der Waals surface area contributed by atoms with Gasteiger partial charge in [0.1, 0.15) is 0 Å². The van der Waals surface area contributed by atoms with Gasteiger partial charge in [-0.15, -0.1) is 0 Å². The molecular formula is C13H16N2O3. The third kappa shape index (κ3) is 2.51. The van der Waals surface area contributed by atoms with E-state index in [1.54, 1.807) is 4.90 Å². The molecule has 0 aliphatic carbocycles. The smallest absolute Gasteiger partial charge is 0.248 e. The number of rotatable bonds is 3. The van der Waals surface area contributed by atoms with E-state index in [1.165, 1.54) is 7.05 Å². The molecule has 1 aliphatic rings. The molecule has 1 aliphatic heterocycles. The molecule has 0 atom stereocenters. The molecule has 0 aromatic heterocycles. The van der Waals surface area contributed by atoms with Crippen LogP contribution in [0, 0.1) is 0 Å². The molecule has 1 fully saturated rings. The highest BCUT2D eigenvalue weighted by atomic mass is 16.3. The Morgan fingerprint density at radius 1 is 1.22 bits per heavy atom. The molecule has 2 amide bonds. The van der Waals surface area contributed by atoms with Crippen LogP contribution in [0.4, 0.5) is 5.69 Å². The van der Waals surface area contributed by atoms with Crippen molar-refractivity contribution < 1.29 is 14.7 Å². The largest absolute Gasteiger partial charge is 0.396 e. The first-order valence-corrected chi connectivity index (χ1v) is 5.86. The Labute approximate surface area is 106 Å². The third-order valence-electron chi connectivity index (χ3n) is 3.08. The first kappa shape index (κ1) is 12.6. The summed E-state index contributed by atoms with van der Waals surface area (Å²) in [5.41, 5.74) is 1.84. The second-order valence-corrected chi connectivity index (χ2v) is 4.35. The number of carbonyl (C=O) groups excluding carboxylic acids is 2. The summed E-state index contributed by atoms with van der Waals surface area (Å²) < 4.78 is 0. The fourth-order valence-electron chi connectivity index (χ4n) is 1.95. The molecule has 0 spiro atoms. The summed E-state index contributed by atoms with van der Waals surface area (Å²) in [5, 5.41) is 8.91. The zero-order chi connectivity index (χ0) is 13.1. The van der Waals surface area contributed by atoms with Crippen LogP contribution < -0.4 is 4.90 Å². The van der Waals surface area contributed by atoms with Gasteiger partial charge in [-0.1, -0.05) is 12.1 Å². The van der Waals surface area contributed by atoms with Crippen molar-refractivity contribution in [3.8, 4) is 0 Å². The maximum absolute atomic E-state index is 11.6. The van der Waals surface area contributed by atoms with Gasteiger partial charge in [0.15, 0.2) is 0 Å². The molecule has 0 radical (unpaired) electrons. The van der Waals surface area contributed by atoms with Crippen molar-refractivity contribution in [2.75, 3.05) is 31.6 Å². The van der Waals surface area contributed by atoms with Crippen molar-refractivity contribution in [2.45, 2.75) is 6.42 Å². The van der Waals surface area contributed by atoms with Gasteiger partial charge < -0.3 is 10.0 Å². The van der Waals surface area contributed by atoms with E-state index < -0.39 is 0 Å². The monoisotopic (exact) mass is 248 g/mol. The van der Waals surface area contributed by atoms with Crippen molar-refractivity contribution in [1.29, 1.82) is 0 Å². The first-order chi connectivity index (χ1) is 8.61. The van der Waals surface area contributed by atoms with Crippen molar-refractivity contribution in [3.63, 3.8) is 0 Å². The van der Waals surface area contributed by atoms with E-state index in [2.05, 4.69) is 0 Å². The van der Waals surface area contributed by atoms with E-state index in [0.29, 0.717) is 6.42 Å². The summed E-state index contributed by atoms with van der Waals surface area (Å²) in [5.74, 6) is -0.391. The van der Waals surface area contributed by atoms with Gasteiger partial charge in [0.25, 0.3) is 0 Å². The molecular weight excluding hydrogens is 232 g/mol. The average Bonchev–Trinajstić information content (AvgIpc) is 2.36. The number of benzene rings is 1.